The fourth-order valence-corrected chi connectivity index (χ4v) is 5.81. The van der Waals surface area contributed by atoms with Crippen LogP contribution in [0, 0.1) is 5.82 Å². The molecule has 2 N–H and O–H groups in total. The Labute approximate surface area is 179 Å². The van der Waals surface area contributed by atoms with Crippen molar-refractivity contribution in [3.8, 4) is 0 Å². The Hall–Kier alpha value is -1.94. The second-order valence-electron chi connectivity index (χ2n) is 7.36. The number of halogens is 1. The van der Waals surface area contributed by atoms with Crippen molar-refractivity contribution in [3.05, 3.63) is 59.4 Å². The van der Waals surface area contributed by atoms with Gasteiger partial charge in [-0.1, -0.05) is 0 Å². The number of hydrogen-bond donors (Lipinski definition) is 2. The number of carbonyl (C=O) groups is 1. The van der Waals surface area contributed by atoms with E-state index in [9.17, 15) is 17.6 Å². The molecule has 30 heavy (non-hydrogen) atoms. The van der Waals surface area contributed by atoms with Crippen molar-refractivity contribution in [1.29, 1.82) is 0 Å². The van der Waals surface area contributed by atoms with E-state index >= 15 is 0 Å². The number of sulfonamides is 1. The number of fused-ring (bicyclic) bond motifs is 1. The van der Waals surface area contributed by atoms with Gasteiger partial charge < -0.3 is 10.1 Å². The summed E-state index contributed by atoms with van der Waals surface area (Å²) in [7, 11) is -3.67. The molecule has 2 aromatic rings. The molecule has 9 heteroatoms. The quantitative estimate of drug-likeness (QED) is 0.706. The smallest absolute Gasteiger partial charge is 0.251 e. The molecule has 4 rings (SSSR count). The van der Waals surface area contributed by atoms with E-state index in [1.165, 1.54) is 36.4 Å². The third kappa shape index (κ3) is 4.85. The normalized spacial score (nSPS) is 21.2. The van der Waals surface area contributed by atoms with Gasteiger partial charge >= 0.3 is 0 Å². The zero-order valence-corrected chi connectivity index (χ0v) is 17.9. The highest BCUT2D eigenvalue weighted by atomic mass is 32.2. The van der Waals surface area contributed by atoms with Gasteiger partial charge in [-0.15, -0.1) is 11.8 Å². The molecular weight excluding hydrogens is 427 g/mol. The molecule has 160 valence electrons. The van der Waals surface area contributed by atoms with Crippen LogP contribution in [0.1, 0.15) is 41.2 Å². The Morgan fingerprint density at radius 3 is 2.70 bits per heavy atom. The van der Waals surface area contributed by atoms with Crippen molar-refractivity contribution in [2.24, 2.45) is 0 Å². The Balaban J connectivity index is 1.42. The Morgan fingerprint density at radius 2 is 1.97 bits per heavy atom. The lowest BCUT2D eigenvalue weighted by Crippen LogP contribution is -2.32. The highest BCUT2D eigenvalue weighted by molar-refractivity contribution is 7.99. The first-order chi connectivity index (χ1) is 14.4. The lowest BCUT2D eigenvalue weighted by Gasteiger charge is -2.26. The minimum atomic E-state index is -3.67. The van der Waals surface area contributed by atoms with E-state index in [0.717, 1.165) is 29.1 Å². The number of hydrogen-bond acceptors (Lipinski definition) is 5. The minimum Gasteiger partial charge on any atom is -0.377 e. The van der Waals surface area contributed by atoms with Crippen LogP contribution in [0.25, 0.3) is 0 Å². The van der Waals surface area contributed by atoms with Crippen LogP contribution in [0.5, 0.6) is 0 Å². The van der Waals surface area contributed by atoms with E-state index in [-0.39, 0.29) is 35.3 Å². The van der Waals surface area contributed by atoms with Crippen molar-refractivity contribution in [2.75, 3.05) is 18.9 Å². The number of rotatable bonds is 6. The molecule has 1 saturated heterocycles. The Kier molecular flexibility index (Phi) is 6.43. The van der Waals surface area contributed by atoms with Gasteiger partial charge in [0.05, 0.1) is 17.0 Å². The third-order valence-electron chi connectivity index (χ3n) is 5.27. The fraction of sp³-hybridized carbons (Fsp3) is 0.381. The fourth-order valence-electron chi connectivity index (χ4n) is 3.63. The topological polar surface area (TPSA) is 84.5 Å². The number of ether oxygens (including phenoxy) is 1. The van der Waals surface area contributed by atoms with E-state index in [1.807, 2.05) is 0 Å². The molecule has 2 aliphatic rings. The maximum Gasteiger partial charge on any atom is 0.251 e. The molecule has 2 atom stereocenters. The van der Waals surface area contributed by atoms with Crippen LogP contribution >= 0.6 is 11.8 Å². The molecule has 0 aromatic heterocycles. The minimum absolute atomic E-state index is 0.0915. The lowest BCUT2D eigenvalue weighted by atomic mass is 10.0. The van der Waals surface area contributed by atoms with Crippen LogP contribution in [0.3, 0.4) is 0 Å². The van der Waals surface area contributed by atoms with E-state index in [4.69, 9.17) is 4.74 Å². The number of thioether (sulfide) groups is 1. The van der Waals surface area contributed by atoms with Gasteiger partial charge in [-0.25, -0.2) is 17.5 Å². The Morgan fingerprint density at radius 1 is 1.17 bits per heavy atom. The largest absolute Gasteiger partial charge is 0.377 e. The third-order valence-corrected chi connectivity index (χ3v) is 7.83. The summed E-state index contributed by atoms with van der Waals surface area (Å²) in [5.41, 5.74) is 1.13. The predicted octanol–water partition coefficient (Wildman–Crippen LogP) is 3.25. The standard InChI is InChI=1S/C21H23FN2O4S2/c22-15-5-8-20-18(12-15)19(9-11-29-20)24-21(25)14-3-6-17(7-4-14)30(26,27)23-13-16-2-1-10-28-16/h3-8,12,16,19,23H,1-2,9-11,13H2,(H,24,25). The summed E-state index contributed by atoms with van der Waals surface area (Å²) in [6.45, 7) is 0.896. The first-order valence-electron chi connectivity index (χ1n) is 9.87. The summed E-state index contributed by atoms with van der Waals surface area (Å²) in [5.74, 6) is 0.177. The molecule has 0 radical (unpaired) electrons. The molecule has 0 spiro atoms. The molecule has 0 saturated carbocycles. The average Bonchev–Trinajstić information content (AvgIpc) is 3.27. The van der Waals surface area contributed by atoms with E-state index < -0.39 is 10.0 Å². The molecule has 0 aliphatic carbocycles. The molecule has 0 bridgehead atoms. The van der Waals surface area contributed by atoms with Crippen molar-refractivity contribution in [2.45, 2.75) is 41.2 Å². The van der Waals surface area contributed by atoms with Crippen molar-refractivity contribution < 1.29 is 22.3 Å². The molecule has 2 aliphatic heterocycles. The van der Waals surface area contributed by atoms with E-state index in [2.05, 4.69) is 10.0 Å². The van der Waals surface area contributed by atoms with Crippen molar-refractivity contribution in [3.63, 3.8) is 0 Å². The molecule has 2 aromatic carbocycles. The summed E-state index contributed by atoms with van der Waals surface area (Å²) < 4.78 is 46.5. The van der Waals surface area contributed by atoms with Gasteiger partial charge in [0.1, 0.15) is 5.82 Å². The monoisotopic (exact) mass is 450 g/mol. The van der Waals surface area contributed by atoms with Crippen LogP contribution in [-0.2, 0) is 14.8 Å². The molecule has 6 nitrogen and oxygen atoms in total. The summed E-state index contributed by atoms with van der Waals surface area (Å²) in [6.07, 6.45) is 2.39. The summed E-state index contributed by atoms with van der Waals surface area (Å²) in [5, 5.41) is 2.94. The first-order valence-corrected chi connectivity index (χ1v) is 12.3. The zero-order valence-electron chi connectivity index (χ0n) is 16.3. The summed E-state index contributed by atoms with van der Waals surface area (Å²) >= 11 is 1.64. The molecule has 2 heterocycles. The van der Waals surface area contributed by atoms with Gasteiger partial charge in [-0.05, 0) is 67.3 Å². The van der Waals surface area contributed by atoms with Gasteiger partial charge in [0.2, 0.25) is 10.0 Å². The number of nitrogens with one attached hydrogen (secondary N) is 2. The second-order valence-corrected chi connectivity index (χ2v) is 10.3. The number of carbonyl (C=O) groups excluding carboxylic acids is 1. The lowest BCUT2D eigenvalue weighted by molar-refractivity contribution is 0.0934. The van der Waals surface area contributed by atoms with Crippen molar-refractivity contribution in [1.82, 2.24) is 10.0 Å². The van der Waals surface area contributed by atoms with Gasteiger partial charge in [0.15, 0.2) is 0 Å². The maximum absolute atomic E-state index is 13.7. The maximum atomic E-state index is 13.7. The van der Waals surface area contributed by atoms with Gasteiger partial charge in [-0.2, -0.15) is 0 Å². The highest BCUT2D eigenvalue weighted by Crippen LogP contribution is 2.36. The van der Waals surface area contributed by atoms with Crippen LogP contribution in [0.2, 0.25) is 0 Å². The van der Waals surface area contributed by atoms with Crippen LogP contribution in [0.15, 0.2) is 52.3 Å². The van der Waals surface area contributed by atoms with Crippen LogP contribution in [0.4, 0.5) is 4.39 Å². The molecule has 1 fully saturated rings. The first kappa shape index (κ1) is 21.3. The molecular formula is C21H23FN2O4S2. The SMILES string of the molecule is O=C(NC1CCSc2ccc(F)cc21)c1ccc(S(=O)(=O)NCC2CCCO2)cc1. The van der Waals surface area contributed by atoms with Crippen molar-refractivity contribution >= 4 is 27.7 Å². The van der Waals surface area contributed by atoms with Gasteiger partial charge in [0, 0.05) is 29.4 Å². The van der Waals surface area contributed by atoms with E-state index in [0.29, 0.717) is 18.6 Å². The average molecular weight is 451 g/mol. The number of amides is 1. The van der Waals surface area contributed by atoms with Gasteiger partial charge in [0.25, 0.3) is 5.91 Å². The van der Waals surface area contributed by atoms with Crippen LogP contribution in [-0.4, -0.2) is 39.3 Å². The summed E-state index contributed by atoms with van der Waals surface area (Å²) in [4.78, 5) is 13.7. The Bertz CT molecular complexity index is 1020. The zero-order chi connectivity index (χ0) is 21.1. The van der Waals surface area contributed by atoms with Gasteiger partial charge in [-0.3, -0.25) is 4.79 Å². The van der Waals surface area contributed by atoms with Crippen LogP contribution < -0.4 is 10.0 Å². The second kappa shape index (κ2) is 9.05. The predicted molar refractivity (Wildman–Crippen MR) is 113 cm³/mol. The molecule has 1 amide bonds. The number of benzene rings is 2. The summed E-state index contributed by atoms with van der Waals surface area (Å²) in [6, 6.07) is 10.1. The van der Waals surface area contributed by atoms with E-state index in [1.54, 1.807) is 17.8 Å². The highest BCUT2D eigenvalue weighted by Gasteiger charge is 2.24. The molecule has 2 unspecified atom stereocenters.